The Balaban J connectivity index is 2.47. The molecule has 0 saturated heterocycles. The average molecular weight is 194 g/mol. The molecule has 1 atom stereocenters. The zero-order valence-electron chi connectivity index (χ0n) is 9.09. The van der Waals surface area contributed by atoms with E-state index in [9.17, 15) is 4.39 Å². The standard InChI is InChI=1S/C13H19F/c1-3-4-5-7-11(2)12-8-6-9-13(14)10-12/h6,8-11H,3-5,7H2,1-2H3. The second-order valence-electron chi connectivity index (χ2n) is 3.95. The number of hydrogen-bond acceptors (Lipinski definition) is 0. The fraction of sp³-hybridized carbons (Fsp3) is 0.538. The van der Waals surface area contributed by atoms with Crippen LogP contribution in [0.25, 0.3) is 0 Å². The zero-order chi connectivity index (χ0) is 10.4. The predicted octanol–water partition coefficient (Wildman–Crippen LogP) is 4.51. The van der Waals surface area contributed by atoms with E-state index in [0.717, 1.165) is 12.0 Å². The first kappa shape index (κ1) is 11.2. The molecule has 1 aromatic carbocycles. The smallest absolute Gasteiger partial charge is 0.123 e. The molecular formula is C13H19F. The van der Waals surface area contributed by atoms with E-state index in [0.29, 0.717) is 5.92 Å². The van der Waals surface area contributed by atoms with Crippen LogP contribution in [0.1, 0.15) is 51.0 Å². The van der Waals surface area contributed by atoms with E-state index < -0.39 is 0 Å². The van der Waals surface area contributed by atoms with E-state index in [2.05, 4.69) is 13.8 Å². The number of halogens is 1. The Morgan fingerprint density at radius 1 is 1.29 bits per heavy atom. The molecule has 1 aromatic rings. The molecule has 0 aliphatic carbocycles. The molecule has 0 fully saturated rings. The molecular weight excluding hydrogens is 175 g/mol. The molecule has 14 heavy (non-hydrogen) atoms. The van der Waals surface area contributed by atoms with Crippen molar-refractivity contribution in [2.75, 3.05) is 0 Å². The third kappa shape index (κ3) is 3.49. The Hall–Kier alpha value is -0.850. The predicted molar refractivity (Wildman–Crippen MR) is 59.0 cm³/mol. The van der Waals surface area contributed by atoms with Gasteiger partial charge in [0.1, 0.15) is 5.82 Å². The van der Waals surface area contributed by atoms with Crippen molar-refractivity contribution < 1.29 is 4.39 Å². The van der Waals surface area contributed by atoms with Gasteiger partial charge in [0.05, 0.1) is 0 Å². The van der Waals surface area contributed by atoms with Crippen LogP contribution in [-0.4, -0.2) is 0 Å². The van der Waals surface area contributed by atoms with Gasteiger partial charge in [-0.2, -0.15) is 0 Å². The summed E-state index contributed by atoms with van der Waals surface area (Å²) in [5.41, 5.74) is 1.13. The highest BCUT2D eigenvalue weighted by atomic mass is 19.1. The van der Waals surface area contributed by atoms with E-state index in [1.807, 2.05) is 6.07 Å². The van der Waals surface area contributed by atoms with Crippen molar-refractivity contribution >= 4 is 0 Å². The van der Waals surface area contributed by atoms with Gasteiger partial charge in [0.25, 0.3) is 0 Å². The normalized spacial score (nSPS) is 12.8. The van der Waals surface area contributed by atoms with E-state index >= 15 is 0 Å². The van der Waals surface area contributed by atoms with Gasteiger partial charge in [-0.15, -0.1) is 0 Å². The van der Waals surface area contributed by atoms with Crippen LogP contribution in [0, 0.1) is 5.82 Å². The van der Waals surface area contributed by atoms with Crippen molar-refractivity contribution in [3.8, 4) is 0 Å². The van der Waals surface area contributed by atoms with Crippen molar-refractivity contribution in [3.05, 3.63) is 35.6 Å². The maximum absolute atomic E-state index is 12.9. The fourth-order valence-electron chi connectivity index (χ4n) is 1.68. The maximum Gasteiger partial charge on any atom is 0.123 e. The van der Waals surface area contributed by atoms with Crippen molar-refractivity contribution in [2.45, 2.75) is 45.4 Å². The van der Waals surface area contributed by atoms with Crippen LogP contribution in [0.2, 0.25) is 0 Å². The topological polar surface area (TPSA) is 0 Å². The molecule has 0 aromatic heterocycles. The molecule has 0 N–H and O–H groups in total. The van der Waals surface area contributed by atoms with Gasteiger partial charge >= 0.3 is 0 Å². The minimum absolute atomic E-state index is 0.121. The Morgan fingerprint density at radius 3 is 2.71 bits per heavy atom. The van der Waals surface area contributed by atoms with E-state index in [4.69, 9.17) is 0 Å². The lowest BCUT2D eigenvalue weighted by Gasteiger charge is -2.11. The van der Waals surface area contributed by atoms with Gasteiger partial charge < -0.3 is 0 Å². The van der Waals surface area contributed by atoms with Gasteiger partial charge in [-0.05, 0) is 30.0 Å². The molecule has 78 valence electrons. The number of hydrogen-bond donors (Lipinski definition) is 0. The Labute approximate surface area is 86.2 Å². The van der Waals surface area contributed by atoms with Crippen LogP contribution >= 0.6 is 0 Å². The van der Waals surface area contributed by atoms with Crippen LogP contribution in [0.5, 0.6) is 0 Å². The summed E-state index contributed by atoms with van der Waals surface area (Å²) in [5.74, 6) is 0.363. The van der Waals surface area contributed by atoms with Gasteiger partial charge in [0.2, 0.25) is 0 Å². The summed E-state index contributed by atoms with van der Waals surface area (Å²) in [7, 11) is 0. The van der Waals surface area contributed by atoms with Crippen molar-refractivity contribution in [1.82, 2.24) is 0 Å². The summed E-state index contributed by atoms with van der Waals surface area (Å²) >= 11 is 0. The highest BCUT2D eigenvalue weighted by Gasteiger charge is 2.05. The summed E-state index contributed by atoms with van der Waals surface area (Å²) in [6.45, 7) is 4.37. The summed E-state index contributed by atoms with van der Waals surface area (Å²) < 4.78 is 12.9. The summed E-state index contributed by atoms with van der Waals surface area (Å²) in [6.07, 6.45) is 4.93. The van der Waals surface area contributed by atoms with Crippen LogP contribution in [0.15, 0.2) is 24.3 Å². The lowest BCUT2D eigenvalue weighted by molar-refractivity contribution is 0.587. The SMILES string of the molecule is CCCCCC(C)c1cccc(F)c1. The largest absolute Gasteiger partial charge is 0.207 e. The highest BCUT2D eigenvalue weighted by Crippen LogP contribution is 2.22. The Morgan fingerprint density at radius 2 is 2.07 bits per heavy atom. The van der Waals surface area contributed by atoms with Gasteiger partial charge in [-0.3, -0.25) is 0 Å². The summed E-state index contributed by atoms with van der Waals surface area (Å²) in [5, 5.41) is 0. The third-order valence-electron chi connectivity index (χ3n) is 2.66. The molecule has 0 aliphatic heterocycles. The van der Waals surface area contributed by atoms with E-state index in [1.165, 1.54) is 25.3 Å². The Kier molecular flexibility index (Phi) is 4.64. The lowest BCUT2D eigenvalue weighted by atomic mass is 9.95. The first-order chi connectivity index (χ1) is 6.74. The van der Waals surface area contributed by atoms with Gasteiger partial charge in [-0.1, -0.05) is 45.2 Å². The van der Waals surface area contributed by atoms with Gasteiger partial charge in [0.15, 0.2) is 0 Å². The fourth-order valence-corrected chi connectivity index (χ4v) is 1.68. The quantitative estimate of drug-likeness (QED) is 0.605. The van der Waals surface area contributed by atoms with Gasteiger partial charge in [-0.25, -0.2) is 4.39 Å². The molecule has 1 rings (SSSR count). The first-order valence-electron chi connectivity index (χ1n) is 5.49. The van der Waals surface area contributed by atoms with Crippen LogP contribution < -0.4 is 0 Å². The second-order valence-corrected chi connectivity index (χ2v) is 3.95. The number of benzene rings is 1. The van der Waals surface area contributed by atoms with E-state index in [1.54, 1.807) is 12.1 Å². The second kappa shape index (κ2) is 5.79. The number of rotatable bonds is 5. The van der Waals surface area contributed by atoms with Crippen molar-refractivity contribution in [3.63, 3.8) is 0 Å². The van der Waals surface area contributed by atoms with Crippen molar-refractivity contribution in [2.24, 2.45) is 0 Å². The molecule has 0 nitrogen and oxygen atoms in total. The molecule has 0 aliphatic rings. The average Bonchev–Trinajstić information content (AvgIpc) is 2.18. The van der Waals surface area contributed by atoms with Gasteiger partial charge in [0, 0.05) is 0 Å². The van der Waals surface area contributed by atoms with E-state index in [-0.39, 0.29) is 5.82 Å². The maximum atomic E-state index is 12.9. The molecule has 0 spiro atoms. The lowest BCUT2D eigenvalue weighted by Crippen LogP contribution is -1.94. The molecule has 1 unspecified atom stereocenters. The van der Waals surface area contributed by atoms with Crippen LogP contribution in [-0.2, 0) is 0 Å². The van der Waals surface area contributed by atoms with Crippen LogP contribution in [0.3, 0.4) is 0 Å². The number of unbranched alkanes of at least 4 members (excludes halogenated alkanes) is 2. The monoisotopic (exact) mass is 194 g/mol. The Bertz CT molecular complexity index is 268. The summed E-state index contributed by atoms with van der Waals surface area (Å²) in [6, 6.07) is 6.96. The third-order valence-corrected chi connectivity index (χ3v) is 2.66. The highest BCUT2D eigenvalue weighted by molar-refractivity contribution is 5.19. The molecule has 0 radical (unpaired) electrons. The first-order valence-corrected chi connectivity index (χ1v) is 5.49. The zero-order valence-corrected chi connectivity index (χ0v) is 9.09. The molecule has 0 saturated carbocycles. The minimum Gasteiger partial charge on any atom is -0.207 e. The minimum atomic E-state index is -0.121. The van der Waals surface area contributed by atoms with Crippen molar-refractivity contribution in [1.29, 1.82) is 0 Å². The summed E-state index contributed by atoms with van der Waals surface area (Å²) in [4.78, 5) is 0. The molecule has 0 heterocycles. The molecule has 0 amide bonds. The molecule has 1 heteroatoms. The molecule has 0 bridgehead atoms. The van der Waals surface area contributed by atoms with Crippen LogP contribution in [0.4, 0.5) is 4.39 Å².